The molecule has 0 unspecified atom stereocenters. The number of nitrogens with zero attached hydrogens (tertiary/aromatic N) is 2. The van der Waals surface area contributed by atoms with E-state index in [0.29, 0.717) is 0 Å². The number of para-hydroxylation sites is 1. The van der Waals surface area contributed by atoms with Gasteiger partial charge >= 0.3 is 0 Å². The Hall–Kier alpha value is -6.90. The van der Waals surface area contributed by atoms with Gasteiger partial charge in [0.2, 0.25) is 0 Å². The molecule has 2 heteroatoms. The van der Waals surface area contributed by atoms with E-state index < -0.39 is 0 Å². The van der Waals surface area contributed by atoms with Crippen LogP contribution in [0.2, 0.25) is 0 Å². The molecule has 8 rings (SSSR count). The first-order valence-corrected chi connectivity index (χ1v) is 18.5. The van der Waals surface area contributed by atoms with Crippen LogP contribution in [0.25, 0.3) is 34.4 Å². The molecule has 2 nitrogen and oxygen atoms in total. The molecular weight excluding hydrogens is 653 g/mol. The summed E-state index contributed by atoms with van der Waals surface area (Å²) in [7, 11) is 0. The van der Waals surface area contributed by atoms with E-state index in [9.17, 15) is 0 Å². The Balaban J connectivity index is 1.05. The SMILES string of the molecule is Cc1cc(C)cc(N(c2ccccc2)c2ccc(/C=C/c3ccc(N(c4ccc(-c5ccccc5)cc4)c4ccc(-c5ccccc5)cc4)cc3)cc2)c1. The van der Waals surface area contributed by atoms with Gasteiger partial charge in [-0.05, 0) is 131 Å². The Kier molecular flexibility index (Phi) is 9.99. The highest BCUT2D eigenvalue weighted by atomic mass is 15.1. The predicted molar refractivity (Wildman–Crippen MR) is 232 cm³/mol. The zero-order chi connectivity index (χ0) is 36.7. The Labute approximate surface area is 319 Å². The van der Waals surface area contributed by atoms with Gasteiger partial charge in [0, 0.05) is 34.1 Å². The highest BCUT2D eigenvalue weighted by molar-refractivity contribution is 5.82. The van der Waals surface area contributed by atoms with Gasteiger partial charge in [0.05, 0.1) is 0 Å². The van der Waals surface area contributed by atoms with Gasteiger partial charge in [-0.1, -0.05) is 146 Å². The highest BCUT2D eigenvalue weighted by Crippen LogP contribution is 2.38. The van der Waals surface area contributed by atoms with Crippen LogP contribution in [-0.2, 0) is 0 Å². The molecule has 0 spiro atoms. The van der Waals surface area contributed by atoms with Crippen molar-refractivity contribution in [2.75, 3.05) is 9.80 Å². The normalized spacial score (nSPS) is 11.1. The van der Waals surface area contributed by atoms with Gasteiger partial charge in [-0.3, -0.25) is 0 Å². The van der Waals surface area contributed by atoms with Crippen LogP contribution < -0.4 is 9.80 Å². The molecule has 0 saturated heterocycles. The van der Waals surface area contributed by atoms with E-state index in [1.807, 2.05) is 0 Å². The van der Waals surface area contributed by atoms with Crippen molar-refractivity contribution in [1.29, 1.82) is 0 Å². The average molecular weight is 695 g/mol. The van der Waals surface area contributed by atoms with Gasteiger partial charge in [-0.25, -0.2) is 0 Å². The average Bonchev–Trinajstić information content (AvgIpc) is 3.22. The second-order valence-corrected chi connectivity index (χ2v) is 13.7. The highest BCUT2D eigenvalue weighted by Gasteiger charge is 2.15. The van der Waals surface area contributed by atoms with E-state index in [2.05, 4.69) is 242 Å². The third kappa shape index (κ3) is 7.79. The number of aryl methyl sites for hydroxylation is 2. The quantitative estimate of drug-likeness (QED) is 0.132. The Morgan fingerprint density at radius 1 is 0.278 bits per heavy atom. The second kappa shape index (κ2) is 15.8. The lowest BCUT2D eigenvalue weighted by Gasteiger charge is -2.26. The van der Waals surface area contributed by atoms with Crippen LogP contribution in [0.5, 0.6) is 0 Å². The molecule has 0 aromatic heterocycles. The number of hydrogen-bond acceptors (Lipinski definition) is 2. The van der Waals surface area contributed by atoms with E-state index in [-0.39, 0.29) is 0 Å². The van der Waals surface area contributed by atoms with Gasteiger partial charge in [-0.2, -0.15) is 0 Å². The maximum atomic E-state index is 2.32. The second-order valence-electron chi connectivity index (χ2n) is 13.7. The number of hydrogen-bond donors (Lipinski definition) is 0. The summed E-state index contributed by atoms with van der Waals surface area (Å²) in [5.41, 5.74) is 16.4. The van der Waals surface area contributed by atoms with Crippen LogP contribution in [0, 0.1) is 13.8 Å². The summed E-state index contributed by atoms with van der Waals surface area (Å²) in [6.45, 7) is 4.31. The third-order valence-electron chi connectivity index (χ3n) is 9.72. The lowest BCUT2D eigenvalue weighted by Crippen LogP contribution is -2.10. The first-order chi connectivity index (χ1) is 26.6. The van der Waals surface area contributed by atoms with E-state index >= 15 is 0 Å². The van der Waals surface area contributed by atoms with Crippen molar-refractivity contribution < 1.29 is 0 Å². The van der Waals surface area contributed by atoms with Crippen molar-refractivity contribution in [2.24, 2.45) is 0 Å². The molecule has 0 aliphatic rings. The number of benzene rings is 8. The van der Waals surface area contributed by atoms with Crippen LogP contribution in [0.1, 0.15) is 22.3 Å². The zero-order valence-electron chi connectivity index (χ0n) is 30.7. The molecular formula is C52H42N2. The molecule has 8 aromatic carbocycles. The van der Waals surface area contributed by atoms with Crippen molar-refractivity contribution in [3.8, 4) is 22.3 Å². The summed E-state index contributed by atoms with van der Waals surface area (Å²) in [5.74, 6) is 0. The molecule has 260 valence electrons. The van der Waals surface area contributed by atoms with E-state index in [1.54, 1.807) is 0 Å². The lowest BCUT2D eigenvalue weighted by molar-refractivity contribution is 1.25. The minimum absolute atomic E-state index is 1.10. The maximum Gasteiger partial charge on any atom is 0.0466 e. The molecule has 0 aliphatic carbocycles. The van der Waals surface area contributed by atoms with Crippen molar-refractivity contribution in [2.45, 2.75) is 13.8 Å². The third-order valence-corrected chi connectivity index (χ3v) is 9.72. The minimum Gasteiger partial charge on any atom is -0.311 e. The van der Waals surface area contributed by atoms with Crippen LogP contribution >= 0.6 is 0 Å². The van der Waals surface area contributed by atoms with Crippen molar-refractivity contribution in [3.63, 3.8) is 0 Å². The molecule has 0 fully saturated rings. The maximum absolute atomic E-state index is 2.32. The van der Waals surface area contributed by atoms with Gasteiger partial charge < -0.3 is 9.80 Å². The van der Waals surface area contributed by atoms with Crippen LogP contribution in [0.15, 0.2) is 206 Å². The molecule has 54 heavy (non-hydrogen) atoms. The molecule has 0 radical (unpaired) electrons. The van der Waals surface area contributed by atoms with E-state index in [0.717, 1.165) is 45.3 Å². The Morgan fingerprint density at radius 3 is 0.963 bits per heavy atom. The van der Waals surface area contributed by atoms with Gasteiger partial charge in [-0.15, -0.1) is 0 Å². The smallest absolute Gasteiger partial charge is 0.0466 e. The summed E-state index contributed by atoms with van der Waals surface area (Å²) in [6, 6.07) is 73.6. The van der Waals surface area contributed by atoms with Crippen LogP contribution in [-0.4, -0.2) is 0 Å². The van der Waals surface area contributed by atoms with Gasteiger partial charge in [0.1, 0.15) is 0 Å². The van der Waals surface area contributed by atoms with E-state index in [4.69, 9.17) is 0 Å². The summed E-state index contributed by atoms with van der Waals surface area (Å²) in [4.78, 5) is 4.65. The van der Waals surface area contributed by atoms with Gasteiger partial charge in [0.25, 0.3) is 0 Å². The van der Waals surface area contributed by atoms with Gasteiger partial charge in [0.15, 0.2) is 0 Å². The molecule has 0 aliphatic heterocycles. The first kappa shape index (κ1) is 34.2. The van der Waals surface area contributed by atoms with Crippen LogP contribution in [0.4, 0.5) is 34.1 Å². The molecule has 0 bridgehead atoms. The molecule has 8 aromatic rings. The van der Waals surface area contributed by atoms with Crippen LogP contribution in [0.3, 0.4) is 0 Å². The lowest BCUT2D eigenvalue weighted by atomic mass is 10.0. The first-order valence-electron chi connectivity index (χ1n) is 18.5. The molecule has 0 heterocycles. The van der Waals surface area contributed by atoms with Crippen molar-refractivity contribution >= 4 is 46.3 Å². The summed E-state index contributed by atoms with van der Waals surface area (Å²) >= 11 is 0. The predicted octanol–water partition coefficient (Wildman–Crippen LogP) is 14.7. The summed E-state index contributed by atoms with van der Waals surface area (Å²) in [5, 5.41) is 0. The van der Waals surface area contributed by atoms with E-state index in [1.165, 1.54) is 33.4 Å². The molecule has 0 saturated carbocycles. The minimum atomic E-state index is 1.10. The zero-order valence-corrected chi connectivity index (χ0v) is 30.7. The topological polar surface area (TPSA) is 6.48 Å². The fourth-order valence-electron chi connectivity index (χ4n) is 7.08. The monoisotopic (exact) mass is 694 g/mol. The fraction of sp³-hybridized carbons (Fsp3) is 0.0385. The molecule has 0 amide bonds. The largest absolute Gasteiger partial charge is 0.311 e. The van der Waals surface area contributed by atoms with Crippen molar-refractivity contribution in [3.05, 3.63) is 229 Å². The number of rotatable bonds is 10. The Bertz CT molecular complexity index is 2350. The van der Waals surface area contributed by atoms with Crippen molar-refractivity contribution in [1.82, 2.24) is 0 Å². The fourth-order valence-corrected chi connectivity index (χ4v) is 7.08. The standard InChI is InChI=1S/C52H42N2/c1-39-36-40(2)38-52(37-39)54(47-16-10-5-11-17-47)49-30-22-42(23-31-49)19-18-41-20-28-48(29-21-41)53(50-32-24-45(25-33-50)43-12-6-3-7-13-43)51-34-26-46(27-35-51)44-14-8-4-9-15-44/h3-38H,1-2H3/b19-18+. The summed E-state index contributed by atoms with van der Waals surface area (Å²) < 4.78 is 0. The number of anilines is 6. The molecule has 0 atom stereocenters. The summed E-state index contributed by atoms with van der Waals surface area (Å²) in [6.07, 6.45) is 4.37. The Morgan fingerprint density at radius 2 is 0.574 bits per heavy atom. The molecule has 0 N–H and O–H groups in total.